The van der Waals surface area contributed by atoms with Crippen LogP contribution in [0.4, 0.5) is 10.2 Å². The first kappa shape index (κ1) is 20.2. The van der Waals surface area contributed by atoms with Crippen molar-refractivity contribution in [2.24, 2.45) is 0 Å². The van der Waals surface area contributed by atoms with Crippen LogP contribution in [-0.4, -0.2) is 34.2 Å². The Morgan fingerprint density at radius 2 is 2.13 bits per heavy atom. The average molecular weight is 444 g/mol. The zero-order chi connectivity index (χ0) is 21.1. The van der Waals surface area contributed by atoms with Crippen molar-refractivity contribution in [2.75, 3.05) is 18.5 Å². The Kier molecular flexibility index (Phi) is 5.91. The third-order valence-electron chi connectivity index (χ3n) is 4.40. The summed E-state index contributed by atoms with van der Waals surface area (Å²) in [6.45, 7) is 2.75. The fourth-order valence-corrected chi connectivity index (χ4v) is 4.77. The molecule has 0 saturated carbocycles. The zero-order valence-corrected chi connectivity index (χ0v) is 17.6. The quantitative estimate of drug-likeness (QED) is 0.384. The molecule has 0 fully saturated rings. The molecule has 4 aromatic rings. The fraction of sp³-hybridized carbons (Fsp3) is 0.190. The molecule has 1 aromatic carbocycles. The van der Waals surface area contributed by atoms with Crippen LogP contribution in [0.5, 0.6) is 5.75 Å². The standard InChI is InChI=1S/C21H18FN3O3S2/c1-2-28-16-10-17(30-20(16)21(26)27)15-9-18(25-11-24-15)23-5-3-12-7-13-4-6-29-19(13)14(22)8-12/h4,6-11H,2-3,5H2,1H3,(H,26,27)(H,23,24,25). The van der Waals surface area contributed by atoms with Crippen molar-refractivity contribution in [2.45, 2.75) is 13.3 Å². The second kappa shape index (κ2) is 8.76. The molecule has 154 valence electrons. The van der Waals surface area contributed by atoms with E-state index in [9.17, 15) is 14.3 Å². The summed E-state index contributed by atoms with van der Waals surface area (Å²) >= 11 is 2.51. The summed E-state index contributed by atoms with van der Waals surface area (Å²) < 4.78 is 20.2. The number of aromatic carboxylic acids is 1. The number of aromatic nitrogens is 2. The molecule has 0 unspecified atom stereocenters. The molecule has 9 heteroatoms. The Balaban J connectivity index is 1.47. The fourth-order valence-electron chi connectivity index (χ4n) is 3.08. The maximum Gasteiger partial charge on any atom is 0.349 e. The van der Waals surface area contributed by atoms with Gasteiger partial charge in [0.25, 0.3) is 0 Å². The van der Waals surface area contributed by atoms with Gasteiger partial charge in [-0.3, -0.25) is 0 Å². The van der Waals surface area contributed by atoms with Gasteiger partial charge in [0.05, 0.1) is 21.9 Å². The van der Waals surface area contributed by atoms with E-state index in [0.717, 1.165) is 22.3 Å². The number of nitrogens with one attached hydrogen (secondary N) is 1. The van der Waals surface area contributed by atoms with Gasteiger partial charge < -0.3 is 15.2 Å². The molecule has 30 heavy (non-hydrogen) atoms. The van der Waals surface area contributed by atoms with E-state index in [4.69, 9.17) is 4.74 Å². The minimum atomic E-state index is -1.03. The number of fused-ring (bicyclic) bond motifs is 1. The first-order chi connectivity index (χ1) is 14.5. The Bertz CT molecular complexity index is 1210. The van der Waals surface area contributed by atoms with Gasteiger partial charge in [-0.15, -0.1) is 22.7 Å². The summed E-state index contributed by atoms with van der Waals surface area (Å²) in [6.07, 6.45) is 2.06. The zero-order valence-electron chi connectivity index (χ0n) is 16.0. The molecule has 0 aliphatic carbocycles. The van der Waals surface area contributed by atoms with Gasteiger partial charge in [-0.2, -0.15) is 0 Å². The van der Waals surface area contributed by atoms with E-state index in [-0.39, 0.29) is 10.7 Å². The number of hydrogen-bond donors (Lipinski definition) is 2. The average Bonchev–Trinajstić information content (AvgIpc) is 3.36. The van der Waals surface area contributed by atoms with Gasteiger partial charge in [-0.05, 0) is 41.8 Å². The molecule has 3 heterocycles. The van der Waals surface area contributed by atoms with Crippen LogP contribution >= 0.6 is 22.7 Å². The molecule has 0 spiro atoms. The van der Waals surface area contributed by atoms with Crippen LogP contribution in [0.25, 0.3) is 20.7 Å². The summed E-state index contributed by atoms with van der Waals surface area (Å²) in [6, 6.07) is 8.93. The lowest BCUT2D eigenvalue weighted by Crippen LogP contribution is -2.06. The lowest BCUT2D eigenvalue weighted by molar-refractivity contribution is 0.0698. The number of carbonyl (C=O) groups is 1. The molecule has 0 aliphatic heterocycles. The summed E-state index contributed by atoms with van der Waals surface area (Å²) in [4.78, 5) is 20.7. The maximum absolute atomic E-state index is 14.1. The Morgan fingerprint density at radius 1 is 1.27 bits per heavy atom. The van der Waals surface area contributed by atoms with E-state index in [2.05, 4.69) is 15.3 Å². The number of ether oxygens (including phenoxy) is 1. The minimum absolute atomic E-state index is 0.144. The second-order valence-corrected chi connectivity index (χ2v) is 8.39. The number of carboxylic acid groups (broad SMARTS) is 1. The van der Waals surface area contributed by atoms with Crippen molar-refractivity contribution in [1.29, 1.82) is 0 Å². The van der Waals surface area contributed by atoms with Crippen LogP contribution in [0, 0.1) is 5.82 Å². The number of hydrogen-bond acceptors (Lipinski definition) is 7. The van der Waals surface area contributed by atoms with E-state index in [1.54, 1.807) is 25.1 Å². The summed E-state index contributed by atoms with van der Waals surface area (Å²) in [5, 5.41) is 15.4. The van der Waals surface area contributed by atoms with Crippen LogP contribution in [0.3, 0.4) is 0 Å². The van der Waals surface area contributed by atoms with Gasteiger partial charge in [0.15, 0.2) is 4.88 Å². The van der Waals surface area contributed by atoms with Crippen molar-refractivity contribution in [3.63, 3.8) is 0 Å². The molecule has 0 aliphatic rings. The van der Waals surface area contributed by atoms with Gasteiger partial charge in [0.1, 0.15) is 23.7 Å². The highest BCUT2D eigenvalue weighted by atomic mass is 32.1. The van der Waals surface area contributed by atoms with Crippen LogP contribution in [0.15, 0.2) is 42.0 Å². The Labute approximate surface area is 180 Å². The topological polar surface area (TPSA) is 84.3 Å². The first-order valence-electron chi connectivity index (χ1n) is 9.27. The van der Waals surface area contributed by atoms with E-state index >= 15 is 0 Å². The predicted molar refractivity (Wildman–Crippen MR) is 117 cm³/mol. The van der Waals surface area contributed by atoms with E-state index in [1.807, 2.05) is 17.5 Å². The van der Waals surface area contributed by atoms with Crippen molar-refractivity contribution in [3.8, 4) is 16.3 Å². The predicted octanol–water partition coefficient (Wildman–Crippen LogP) is 5.31. The summed E-state index contributed by atoms with van der Waals surface area (Å²) in [7, 11) is 0. The van der Waals surface area contributed by atoms with Crippen LogP contribution < -0.4 is 10.1 Å². The SMILES string of the molecule is CCOc1cc(-c2cc(NCCc3cc(F)c4sccc4c3)ncn2)sc1C(=O)O. The highest BCUT2D eigenvalue weighted by Crippen LogP contribution is 2.36. The van der Waals surface area contributed by atoms with Gasteiger partial charge >= 0.3 is 5.97 Å². The van der Waals surface area contributed by atoms with E-state index in [1.165, 1.54) is 17.7 Å². The monoisotopic (exact) mass is 443 g/mol. The highest BCUT2D eigenvalue weighted by Gasteiger charge is 2.18. The second-order valence-electron chi connectivity index (χ2n) is 6.42. The number of nitrogens with zero attached hydrogens (tertiary/aromatic N) is 2. The third-order valence-corrected chi connectivity index (χ3v) is 6.46. The number of rotatable bonds is 8. The Hall–Kier alpha value is -3.04. The van der Waals surface area contributed by atoms with Gasteiger partial charge in [0, 0.05) is 18.7 Å². The van der Waals surface area contributed by atoms with Crippen molar-refractivity contribution < 1.29 is 19.0 Å². The third kappa shape index (κ3) is 4.27. The summed E-state index contributed by atoms with van der Waals surface area (Å²) in [5.74, 6) is -0.278. The largest absolute Gasteiger partial charge is 0.492 e. The smallest absolute Gasteiger partial charge is 0.349 e. The molecule has 0 bridgehead atoms. The lowest BCUT2D eigenvalue weighted by atomic mass is 10.1. The summed E-state index contributed by atoms with van der Waals surface area (Å²) in [5.41, 5.74) is 1.52. The van der Waals surface area contributed by atoms with Gasteiger partial charge in [-0.25, -0.2) is 19.2 Å². The van der Waals surface area contributed by atoms with E-state index < -0.39 is 5.97 Å². The molecular formula is C21H18FN3O3S2. The van der Waals surface area contributed by atoms with Gasteiger partial charge in [-0.1, -0.05) is 6.07 Å². The van der Waals surface area contributed by atoms with Crippen molar-refractivity contribution in [1.82, 2.24) is 9.97 Å². The molecule has 0 radical (unpaired) electrons. The normalized spacial score (nSPS) is 11.0. The first-order valence-corrected chi connectivity index (χ1v) is 11.0. The van der Waals surface area contributed by atoms with Crippen LogP contribution in [0.1, 0.15) is 22.2 Å². The molecule has 6 nitrogen and oxygen atoms in total. The number of thiophene rings is 2. The molecular weight excluding hydrogens is 425 g/mol. The highest BCUT2D eigenvalue weighted by molar-refractivity contribution is 7.17. The number of halogens is 1. The molecule has 0 atom stereocenters. The Morgan fingerprint density at radius 3 is 2.93 bits per heavy atom. The minimum Gasteiger partial charge on any atom is -0.492 e. The van der Waals surface area contributed by atoms with Gasteiger partial charge in [0.2, 0.25) is 0 Å². The molecule has 4 rings (SSSR count). The maximum atomic E-state index is 14.1. The number of benzene rings is 1. The lowest BCUT2D eigenvalue weighted by Gasteiger charge is -2.07. The number of anilines is 1. The number of carboxylic acids is 1. The molecule has 0 amide bonds. The van der Waals surface area contributed by atoms with Crippen LogP contribution in [-0.2, 0) is 6.42 Å². The molecule has 3 aromatic heterocycles. The van der Waals surface area contributed by atoms with Crippen molar-refractivity contribution >= 4 is 44.5 Å². The van der Waals surface area contributed by atoms with Crippen molar-refractivity contribution in [3.05, 3.63) is 58.3 Å². The van der Waals surface area contributed by atoms with E-state index in [0.29, 0.717) is 46.4 Å². The molecule has 0 saturated heterocycles. The van der Waals surface area contributed by atoms with Crippen LogP contribution in [0.2, 0.25) is 0 Å². The molecule has 2 N–H and O–H groups in total.